The monoisotopic (exact) mass is 390 g/mol. The summed E-state index contributed by atoms with van der Waals surface area (Å²) in [4.78, 5) is 12.8. The van der Waals surface area contributed by atoms with Crippen LogP contribution in [-0.2, 0) is 14.8 Å². The van der Waals surface area contributed by atoms with E-state index in [1.54, 1.807) is 19.1 Å². The highest BCUT2D eigenvalue weighted by Crippen LogP contribution is 2.32. The summed E-state index contributed by atoms with van der Waals surface area (Å²) in [7, 11) is -2.25. The number of aryl methyl sites for hydroxylation is 1. The van der Waals surface area contributed by atoms with Gasteiger partial charge in [-0.25, -0.2) is 8.42 Å². The largest absolute Gasteiger partial charge is 0.495 e. The number of anilines is 1. The second kappa shape index (κ2) is 8.43. The molecule has 0 aliphatic carbocycles. The third-order valence-electron chi connectivity index (χ3n) is 4.32. The van der Waals surface area contributed by atoms with Crippen LogP contribution in [0.3, 0.4) is 0 Å². The van der Waals surface area contributed by atoms with Gasteiger partial charge >= 0.3 is 0 Å². The predicted octanol–water partition coefficient (Wildman–Crippen LogP) is 3.04. The number of amides is 1. The lowest BCUT2D eigenvalue weighted by Gasteiger charge is -2.30. The van der Waals surface area contributed by atoms with Crippen molar-refractivity contribution in [1.82, 2.24) is 5.32 Å². The Morgan fingerprint density at radius 3 is 2.30 bits per heavy atom. The lowest BCUT2D eigenvalue weighted by Crippen LogP contribution is -2.48. The molecule has 146 valence electrons. The molecule has 0 saturated heterocycles. The zero-order valence-corrected chi connectivity index (χ0v) is 17.1. The van der Waals surface area contributed by atoms with Gasteiger partial charge in [-0.2, -0.15) is 0 Å². The maximum Gasteiger partial charge on any atom is 0.244 e. The molecule has 2 rings (SSSR count). The van der Waals surface area contributed by atoms with Crippen LogP contribution in [-0.4, -0.2) is 33.7 Å². The minimum absolute atomic E-state index is 0.248. The maximum absolute atomic E-state index is 12.8. The molecule has 0 spiro atoms. The Bertz CT molecular complexity index is 897. The van der Waals surface area contributed by atoms with Crippen LogP contribution in [0.1, 0.15) is 31.0 Å². The Morgan fingerprint density at radius 2 is 1.74 bits per heavy atom. The van der Waals surface area contributed by atoms with Crippen LogP contribution in [0.25, 0.3) is 0 Å². The van der Waals surface area contributed by atoms with Crippen molar-refractivity contribution in [2.75, 3.05) is 17.7 Å². The number of hydrogen-bond acceptors (Lipinski definition) is 4. The molecule has 0 radical (unpaired) electrons. The van der Waals surface area contributed by atoms with E-state index in [1.165, 1.54) is 7.11 Å². The molecule has 0 aromatic heterocycles. The molecule has 6 nitrogen and oxygen atoms in total. The van der Waals surface area contributed by atoms with Crippen molar-refractivity contribution >= 4 is 21.6 Å². The molecule has 2 aromatic rings. The van der Waals surface area contributed by atoms with E-state index >= 15 is 0 Å². The van der Waals surface area contributed by atoms with Gasteiger partial charge in [0.25, 0.3) is 0 Å². The Morgan fingerprint density at radius 1 is 1.11 bits per heavy atom. The van der Waals surface area contributed by atoms with Crippen LogP contribution in [0.15, 0.2) is 48.5 Å². The SMILES string of the molecule is COc1ccc(C)cc1N(C(C)C(=O)NC(C)c1ccccc1)S(C)(=O)=O. The third-order valence-corrected chi connectivity index (χ3v) is 5.55. The van der Waals surface area contributed by atoms with Gasteiger partial charge in [-0.05, 0) is 44.0 Å². The van der Waals surface area contributed by atoms with Crippen LogP contribution in [0, 0.1) is 6.92 Å². The molecule has 0 aliphatic rings. The number of hydrogen-bond donors (Lipinski definition) is 1. The third kappa shape index (κ3) is 5.01. The molecule has 2 unspecified atom stereocenters. The van der Waals surface area contributed by atoms with Gasteiger partial charge in [0.2, 0.25) is 15.9 Å². The van der Waals surface area contributed by atoms with Crippen molar-refractivity contribution in [1.29, 1.82) is 0 Å². The molecule has 2 aromatic carbocycles. The predicted molar refractivity (Wildman–Crippen MR) is 108 cm³/mol. The second-order valence-electron chi connectivity index (χ2n) is 6.55. The van der Waals surface area contributed by atoms with Crippen molar-refractivity contribution in [2.45, 2.75) is 32.9 Å². The second-order valence-corrected chi connectivity index (χ2v) is 8.41. The molecular formula is C20H26N2O4S. The van der Waals surface area contributed by atoms with Crippen molar-refractivity contribution < 1.29 is 17.9 Å². The van der Waals surface area contributed by atoms with Crippen molar-refractivity contribution in [3.05, 3.63) is 59.7 Å². The standard InChI is InChI=1S/C20H26N2O4S/c1-14-11-12-19(26-4)18(13-14)22(27(5,24)25)16(3)20(23)21-15(2)17-9-7-6-8-10-17/h6-13,15-16H,1-5H3,(H,21,23). The van der Waals surface area contributed by atoms with Gasteiger partial charge in [0, 0.05) is 0 Å². The summed E-state index contributed by atoms with van der Waals surface area (Å²) in [5, 5.41) is 2.88. The molecule has 0 aliphatic heterocycles. The fourth-order valence-electron chi connectivity index (χ4n) is 2.91. The van der Waals surface area contributed by atoms with E-state index in [2.05, 4.69) is 5.32 Å². The van der Waals surface area contributed by atoms with Gasteiger partial charge in [-0.3, -0.25) is 9.10 Å². The van der Waals surface area contributed by atoms with Gasteiger partial charge in [0.15, 0.2) is 0 Å². The number of carbonyl (C=O) groups excluding carboxylic acids is 1. The van der Waals surface area contributed by atoms with E-state index in [1.807, 2.05) is 50.2 Å². The Hall–Kier alpha value is -2.54. The fraction of sp³-hybridized carbons (Fsp3) is 0.350. The van der Waals surface area contributed by atoms with Crippen LogP contribution in [0.4, 0.5) is 5.69 Å². The van der Waals surface area contributed by atoms with E-state index in [0.29, 0.717) is 11.4 Å². The minimum Gasteiger partial charge on any atom is -0.495 e. The highest BCUT2D eigenvalue weighted by molar-refractivity contribution is 7.92. The Labute approximate surface area is 161 Å². The normalized spacial score (nSPS) is 13.5. The number of benzene rings is 2. The molecule has 1 amide bonds. The van der Waals surface area contributed by atoms with Crippen LogP contribution < -0.4 is 14.4 Å². The van der Waals surface area contributed by atoms with E-state index in [0.717, 1.165) is 21.7 Å². The number of sulfonamides is 1. The lowest BCUT2D eigenvalue weighted by atomic mass is 10.1. The van der Waals surface area contributed by atoms with Gasteiger partial charge in [0.1, 0.15) is 11.8 Å². The fourth-order valence-corrected chi connectivity index (χ4v) is 4.08. The number of methoxy groups -OCH3 is 1. The van der Waals surface area contributed by atoms with Crippen molar-refractivity contribution in [3.8, 4) is 5.75 Å². The number of nitrogens with one attached hydrogen (secondary N) is 1. The highest BCUT2D eigenvalue weighted by atomic mass is 32.2. The topological polar surface area (TPSA) is 75.7 Å². The van der Waals surface area contributed by atoms with Gasteiger partial charge in [0.05, 0.1) is 25.1 Å². The van der Waals surface area contributed by atoms with Gasteiger partial charge in [-0.15, -0.1) is 0 Å². The van der Waals surface area contributed by atoms with E-state index in [9.17, 15) is 13.2 Å². The molecule has 1 N–H and O–H groups in total. The average Bonchev–Trinajstić information content (AvgIpc) is 2.61. The molecule has 7 heteroatoms. The first-order valence-corrected chi connectivity index (χ1v) is 10.5. The summed E-state index contributed by atoms with van der Waals surface area (Å²) in [6, 6.07) is 13.5. The summed E-state index contributed by atoms with van der Waals surface area (Å²) < 4.78 is 31.4. The summed E-state index contributed by atoms with van der Waals surface area (Å²) in [6.45, 7) is 5.28. The zero-order valence-electron chi connectivity index (χ0n) is 16.3. The van der Waals surface area contributed by atoms with Crippen LogP contribution >= 0.6 is 0 Å². The first-order chi connectivity index (χ1) is 12.6. The van der Waals surface area contributed by atoms with Crippen LogP contribution in [0.5, 0.6) is 5.75 Å². The first-order valence-electron chi connectivity index (χ1n) is 8.64. The van der Waals surface area contributed by atoms with Crippen molar-refractivity contribution in [2.24, 2.45) is 0 Å². The smallest absolute Gasteiger partial charge is 0.244 e. The van der Waals surface area contributed by atoms with Crippen molar-refractivity contribution in [3.63, 3.8) is 0 Å². The molecule has 0 saturated carbocycles. The first kappa shape index (κ1) is 20.8. The zero-order chi connectivity index (χ0) is 20.2. The minimum atomic E-state index is -3.72. The summed E-state index contributed by atoms with van der Waals surface area (Å²) in [5.41, 5.74) is 2.15. The lowest BCUT2D eigenvalue weighted by molar-refractivity contribution is -0.122. The summed E-state index contributed by atoms with van der Waals surface area (Å²) in [6.07, 6.45) is 1.08. The number of ether oxygens (including phenoxy) is 1. The van der Waals surface area contributed by atoms with E-state index in [-0.39, 0.29) is 11.9 Å². The average molecular weight is 391 g/mol. The maximum atomic E-state index is 12.8. The summed E-state index contributed by atoms with van der Waals surface area (Å²) in [5.74, 6) is 0.00196. The van der Waals surface area contributed by atoms with Gasteiger partial charge in [-0.1, -0.05) is 36.4 Å². The highest BCUT2D eigenvalue weighted by Gasteiger charge is 2.32. The molecule has 0 heterocycles. The number of nitrogens with zero attached hydrogens (tertiary/aromatic N) is 1. The summed E-state index contributed by atoms with van der Waals surface area (Å²) >= 11 is 0. The molecule has 0 bridgehead atoms. The quantitative estimate of drug-likeness (QED) is 0.788. The van der Waals surface area contributed by atoms with Crippen LogP contribution in [0.2, 0.25) is 0 Å². The molecule has 0 fully saturated rings. The van der Waals surface area contributed by atoms with E-state index < -0.39 is 16.1 Å². The molecule has 2 atom stereocenters. The molecular weight excluding hydrogens is 364 g/mol. The number of carbonyl (C=O) groups is 1. The Balaban J connectivity index is 2.35. The number of rotatable bonds is 7. The van der Waals surface area contributed by atoms with Gasteiger partial charge < -0.3 is 10.1 Å². The molecule has 27 heavy (non-hydrogen) atoms. The van der Waals surface area contributed by atoms with E-state index in [4.69, 9.17) is 4.74 Å². The Kier molecular flexibility index (Phi) is 6.49.